The normalized spacial score (nSPS) is 11.2. The molecule has 1 aromatic rings. The predicted molar refractivity (Wildman–Crippen MR) is 49.4 cm³/mol. The Hall–Kier alpha value is -1.92. The highest BCUT2D eigenvalue weighted by atomic mass is 16.5. The van der Waals surface area contributed by atoms with Crippen molar-refractivity contribution in [1.29, 1.82) is 0 Å². The molecule has 1 aromatic heterocycles. The number of nitrogens with two attached hydrogens (primary N) is 1. The Morgan fingerprint density at radius 3 is 2.57 bits per heavy atom. The van der Waals surface area contributed by atoms with Crippen molar-refractivity contribution >= 4 is 12.0 Å². The van der Waals surface area contributed by atoms with Crippen LogP contribution in [0.15, 0.2) is 4.99 Å². The lowest BCUT2D eigenvalue weighted by molar-refractivity contribution is 0.376. The molecule has 7 nitrogen and oxygen atoms in total. The van der Waals surface area contributed by atoms with E-state index in [1.54, 1.807) is 6.92 Å². The first-order valence-electron chi connectivity index (χ1n) is 3.80. The van der Waals surface area contributed by atoms with Crippen molar-refractivity contribution in [2.45, 2.75) is 6.92 Å². The van der Waals surface area contributed by atoms with Crippen LogP contribution in [0.5, 0.6) is 6.01 Å². The molecule has 0 saturated carbocycles. The van der Waals surface area contributed by atoms with E-state index in [0.717, 1.165) is 0 Å². The molecule has 7 heteroatoms. The fourth-order valence-corrected chi connectivity index (χ4v) is 0.729. The van der Waals surface area contributed by atoms with Crippen molar-refractivity contribution in [1.82, 2.24) is 15.0 Å². The van der Waals surface area contributed by atoms with E-state index >= 15 is 0 Å². The highest BCUT2D eigenvalue weighted by Crippen LogP contribution is 2.08. The zero-order valence-corrected chi connectivity index (χ0v) is 8.18. The highest BCUT2D eigenvalue weighted by molar-refractivity contribution is 5.73. The summed E-state index contributed by atoms with van der Waals surface area (Å²) in [7, 11) is 2.87. The lowest BCUT2D eigenvalue weighted by atomic mass is 10.7. The van der Waals surface area contributed by atoms with E-state index in [-0.39, 0.29) is 18.0 Å². The molecule has 0 aromatic carbocycles. The fourth-order valence-electron chi connectivity index (χ4n) is 0.729. The minimum Gasteiger partial charge on any atom is -0.468 e. The van der Waals surface area contributed by atoms with Gasteiger partial charge in [0.25, 0.3) is 12.0 Å². The Morgan fingerprint density at radius 1 is 1.29 bits per heavy atom. The monoisotopic (exact) mass is 197 g/mol. The summed E-state index contributed by atoms with van der Waals surface area (Å²) < 4.78 is 9.49. The van der Waals surface area contributed by atoms with E-state index in [1.165, 1.54) is 14.2 Å². The van der Waals surface area contributed by atoms with E-state index in [1.807, 2.05) is 0 Å². The Balaban J connectivity index is 3.03. The van der Waals surface area contributed by atoms with Crippen LogP contribution in [0.2, 0.25) is 0 Å². The van der Waals surface area contributed by atoms with Gasteiger partial charge >= 0.3 is 6.01 Å². The highest BCUT2D eigenvalue weighted by Gasteiger charge is 2.03. The second kappa shape index (κ2) is 4.35. The van der Waals surface area contributed by atoms with Crippen LogP contribution < -0.4 is 10.5 Å². The molecule has 1 heterocycles. The van der Waals surface area contributed by atoms with Gasteiger partial charge in [0.2, 0.25) is 0 Å². The van der Waals surface area contributed by atoms with E-state index < -0.39 is 0 Å². The van der Waals surface area contributed by atoms with Crippen molar-refractivity contribution < 1.29 is 9.47 Å². The van der Waals surface area contributed by atoms with Gasteiger partial charge in [0, 0.05) is 0 Å². The number of nitrogens with zero attached hydrogens (tertiary/aromatic N) is 4. The standard InChI is InChI=1S/C7H11N5O2/c1-4-9-6(11-5(8)13-2)12-7(10-4)14-3/h1-3H3,(H2,8,9,10,11,12). The van der Waals surface area contributed by atoms with Gasteiger partial charge in [0.05, 0.1) is 14.2 Å². The summed E-state index contributed by atoms with van der Waals surface area (Å²) in [5, 5.41) is 0. The minimum atomic E-state index is -0.0161. The Morgan fingerprint density at radius 2 is 2.00 bits per heavy atom. The number of amidine groups is 1. The van der Waals surface area contributed by atoms with Gasteiger partial charge in [0.15, 0.2) is 0 Å². The van der Waals surface area contributed by atoms with Gasteiger partial charge in [-0.1, -0.05) is 0 Å². The van der Waals surface area contributed by atoms with E-state index in [4.69, 9.17) is 10.5 Å². The van der Waals surface area contributed by atoms with E-state index in [9.17, 15) is 0 Å². The van der Waals surface area contributed by atoms with Gasteiger partial charge in [-0.3, -0.25) is 0 Å². The molecule has 0 fully saturated rings. The van der Waals surface area contributed by atoms with Crippen molar-refractivity contribution in [3.8, 4) is 6.01 Å². The molecule has 2 N–H and O–H groups in total. The molecule has 0 unspecified atom stereocenters. The maximum atomic E-state index is 5.33. The van der Waals surface area contributed by atoms with Crippen molar-refractivity contribution in [3.63, 3.8) is 0 Å². The molecule has 0 aliphatic carbocycles. The number of hydrogen-bond donors (Lipinski definition) is 1. The summed E-state index contributed by atoms with van der Waals surface area (Å²) in [5.74, 6) is 0.660. The quantitative estimate of drug-likeness (QED) is 0.520. The Kier molecular flexibility index (Phi) is 3.16. The third kappa shape index (κ3) is 2.54. The Bertz CT molecular complexity index is 352. The molecular weight excluding hydrogens is 186 g/mol. The average molecular weight is 197 g/mol. The third-order valence-corrected chi connectivity index (χ3v) is 1.32. The number of methoxy groups -OCH3 is 2. The number of hydrogen-bond acceptors (Lipinski definition) is 6. The number of ether oxygens (including phenoxy) is 2. The fraction of sp³-hybridized carbons (Fsp3) is 0.429. The maximum Gasteiger partial charge on any atom is 0.321 e. The lowest BCUT2D eigenvalue weighted by Crippen LogP contribution is -2.13. The molecule has 0 spiro atoms. The molecule has 14 heavy (non-hydrogen) atoms. The van der Waals surface area contributed by atoms with Gasteiger partial charge in [-0.15, -0.1) is 0 Å². The predicted octanol–water partition coefficient (Wildman–Crippen LogP) is -0.219. The molecule has 0 saturated heterocycles. The molecule has 0 aliphatic heterocycles. The van der Waals surface area contributed by atoms with Crippen molar-refractivity contribution in [2.75, 3.05) is 14.2 Å². The lowest BCUT2D eigenvalue weighted by Gasteiger charge is -2.00. The number of rotatable bonds is 2. The molecule has 0 aliphatic rings. The molecule has 0 atom stereocenters. The van der Waals surface area contributed by atoms with Crippen molar-refractivity contribution in [2.24, 2.45) is 10.7 Å². The topological polar surface area (TPSA) is 95.5 Å². The van der Waals surface area contributed by atoms with Crippen LogP contribution >= 0.6 is 0 Å². The van der Waals surface area contributed by atoms with Crippen LogP contribution in [0.25, 0.3) is 0 Å². The van der Waals surface area contributed by atoms with Gasteiger partial charge in [-0.2, -0.15) is 19.9 Å². The summed E-state index contributed by atoms with van der Waals surface area (Å²) >= 11 is 0. The zero-order valence-electron chi connectivity index (χ0n) is 8.18. The van der Waals surface area contributed by atoms with Gasteiger partial charge < -0.3 is 15.2 Å². The number of aromatic nitrogens is 3. The van der Waals surface area contributed by atoms with Crippen LogP contribution in [0.1, 0.15) is 5.82 Å². The van der Waals surface area contributed by atoms with E-state index in [0.29, 0.717) is 5.82 Å². The molecule has 0 amide bonds. The SMILES string of the molecule is COC(N)=Nc1nc(C)nc(OC)n1. The summed E-state index contributed by atoms with van der Waals surface area (Å²) in [4.78, 5) is 15.4. The third-order valence-electron chi connectivity index (χ3n) is 1.32. The largest absolute Gasteiger partial charge is 0.468 e. The first-order valence-corrected chi connectivity index (χ1v) is 3.80. The summed E-state index contributed by atoms with van der Waals surface area (Å²) in [6, 6.07) is 0.179. The molecule has 76 valence electrons. The molecular formula is C7H11N5O2. The second-order valence-electron chi connectivity index (χ2n) is 2.32. The van der Waals surface area contributed by atoms with Crippen LogP contribution in [0.4, 0.5) is 5.95 Å². The Labute approximate surface area is 81.0 Å². The average Bonchev–Trinajstić information content (AvgIpc) is 2.16. The van der Waals surface area contributed by atoms with Gasteiger partial charge in [0.1, 0.15) is 5.82 Å². The van der Waals surface area contributed by atoms with Gasteiger partial charge in [-0.25, -0.2) is 0 Å². The van der Waals surface area contributed by atoms with Crippen molar-refractivity contribution in [3.05, 3.63) is 5.82 Å². The summed E-state index contributed by atoms with van der Waals surface area (Å²) in [5.41, 5.74) is 5.33. The summed E-state index contributed by atoms with van der Waals surface area (Å²) in [6.45, 7) is 1.70. The minimum absolute atomic E-state index is 0.0161. The van der Waals surface area contributed by atoms with Crippen LogP contribution in [-0.2, 0) is 4.74 Å². The summed E-state index contributed by atoms with van der Waals surface area (Å²) in [6.07, 6.45) is 0. The maximum absolute atomic E-state index is 5.33. The molecule has 0 radical (unpaired) electrons. The first kappa shape index (κ1) is 10.2. The smallest absolute Gasteiger partial charge is 0.321 e. The van der Waals surface area contributed by atoms with Crippen LogP contribution in [0.3, 0.4) is 0 Å². The van der Waals surface area contributed by atoms with Gasteiger partial charge in [-0.05, 0) is 6.92 Å². The molecule has 0 bridgehead atoms. The zero-order chi connectivity index (χ0) is 10.6. The second-order valence-corrected chi connectivity index (χ2v) is 2.32. The number of aryl methyl sites for hydroxylation is 1. The van der Waals surface area contributed by atoms with E-state index in [2.05, 4.69) is 24.7 Å². The first-order chi connectivity index (χ1) is 6.65. The van der Waals surface area contributed by atoms with Crippen LogP contribution in [0, 0.1) is 6.92 Å². The number of aliphatic imine (C=N–C) groups is 1. The van der Waals surface area contributed by atoms with Crippen LogP contribution in [-0.4, -0.2) is 35.2 Å². The molecule has 1 rings (SSSR count).